The van der Waals surface area contributed by atoms with E-state index in [9.17, 15) is 0 Å². The third-order valence-corrected chi connectivity index (χ3v) is 3.69. The van der Waals surface area contributed by atoms with E-state index in [-0.39, 0.29) is 6.04 Å². The SMILES string of the molecule is CC(Nc1cc(Br)cnc1Cl)c1nccs1. The van der Waals surface area contributed by atoms with Crippen LogP contribution in [-0.4, -0.2) is 9.97 Å². The molecule has 0 spiro atoms. The van der Waals surface area contributed by atoms with Crippen LogP contribution in [0.4, 0.5) is 5.69 Å². The molecule has 0 bridgehead atoms. The molecule has 0 aromatic carbocycles. The van der Waals surface area contributed by atoms with Gasteiger partial charge in [0.25, 0.3) is 0 Å². The molecule has 3 nitrogen and oxygen atoms in total. The van der Waals surface area contributed by atoms with Crippen LogP contribution in [0, 0.1) is 0 Å². The van der Waals surface area contributed by atoms with Crippen molar-refractivity contribution in [2.24, 2.45) is 0 Å². The highest BCUT2D eigenvalue weighted by molar-refractivity contribution is 9.10. The summed E-state index contributed by atoms with van der Waals surface area (Å²) in [5.41, 5.74) is 0.804. The Bertz CT molecular complexity index is 475. The van der Waals surface area contributed by atoms with Crippen molar-refractivity contribution < 1.29 is 0 Å². The molecular weight excluding hydrogens is 310 g/mol. The van der Waals surface area contributed by atoms with Gasteiger partial charge in [-0.15, -0.1) is 11.3 Å². The molecule has 0 radical (unpaired) electrons. The summed E-state index contributed by atoms with van der Waals surface area (Å²) in [6, 6.07) is 2.02. The van der Waals surface area contributed by atoms with Gasteiger partial charge in [0.05, 0.1) is 11.7 Å². The summed E-state index contributed by atoms with van der Waals surface area (Å²) in [5.74, 6) is 0. The molecule has 1 N–H and O–H groups in total. The summed E-state index contributed by atoms with van der Waals surface area (Å²) in [5, 5.41) is 6.72. The second-order valence-corrected chi connectivity index (χ2v) is 5.43. The van der Waals surface area contributed by atoms with Gasteiger partial charge in [0.1, 0.15) is 5.01 Å². The lowest BCUT2D eigenvalue weighted by Crippen LogP contribution is -2.06. The summed E-state index contributed by atoms with van der Waals surface area (Å²) in [7, 11) is 0. The van der Waals surface area contributed by atoms with Crippen molar-refractivity contribution >= 4 is 44.6 Å². The van der Waals surface area contributed by atoms with Crippen molar-refractivity contribution in [3.05, 3.63) is 38.5 Å². The van der Waals surface area contributed by atoms with E-state index in [4.69, 9.17) is 11.6 Å². The summed E-state index contributed by atoms with van der Waals surface area (Å²) in [6.07, 6.45) is 3.46. The van der Waals surface area contributed by atoms with E-state index < -0.39 is 0 Å². The van der Waals surface area contributed by atoms with Crippen LogP contribution >= 0.6 is 38.9 Å². The molecule has 1 unspecified atom stereocenters. The Labute approximate surface area is 111 Å². The lowest BCUT2D eigenvalue weighted by Gasteiger charge is -2.13. The van der Waals surface area contributed by atoms with Crippen LogP contribution in [0.1, 0.15) is 18.0 Å². The number of thiazole rings is 1. The normalized spacial score (nSPS) is 12.4. The van der Waals surface area contributed by atoms with Crippen molar-refractivity contribution in [2.45, 2.75) is 13.0 Å². The summed E-state index contributed by atoms with van der Waals surface area (Å²) >= 11 is 11.0. The molecule has 6 heteroatoms. The van der Waals surface area contributed by atoms with Crippen LogP contribution in [0.15, 0.2) is 28.3 Å². The van der Waals surface area contributed by atoms with Gasteiger partial charge in [0.2, 0.25) is 0 Å². The molecule has 0 aliphatic rings. The summed E-state index contributed by atoms with van der Waals surface area (Å²) < 4.78 is 0.894. The number of pyridine rings is 1. The Kier molecular flexibility index (Phi) is 3.78. The molecule has 0 aliphatic carbocycles. The summed E-state index contributed by atoms with van der Waals surface area (Å²) in [6.45, 7) is 2.04. The predicted molar refractivity (Wildman–Crippen MR) is 71.1 cm³/mol. The van der Waals surface area contributed by atoms with E-state index in [1.807, 2.05) is 18.4 Å². The van der Waals surface area contributed by atoms with E-state index in [1.165, 1.54) is 0 Å². The number of anilines is 1. The Hall–Kier alpha value is -0.650. The highest BCUT2D eigenvalue weighted by Crippen LogP contribution is 2.27. The van der Waals surface area contributed by atoms with Crippen LogP contribution in [0.5, 0.6) is 0 Å². The molecule has 2 aromatic heterocycles. The molecule has 1 atom stereocenters. The van der Waals surface area contributed by atoms with E-state index in [0.29, 0.717) is 5.15 Å². The number of nitrogens with zero attached hydrogens (tertiary/aromatic N) is 2. The van der Waals surface area contributed by atoms with Gasteiger partial charge < -0.3 is 5.32 Å². The fourth-order valence-electron chi connectivity index (χ4n) is 1.27. The van der Waals surface area contributed by atoms with Gasteiger partial charge in [-0.05, 0) is 28.9 Å². The minimum Gasteiger partial charge on any atom is -0.374 e. The average molecular weight is 319 g/mol. The Morgan fingerprint density at radius 3 is 3.00 bits per heavy atom. The van der Waals surface area contributed by atoms with Gasteiger partial charge in [-0.25, -0.2) is 9.97 Å². The number of hydrogen-bond acceptors (Lipinski definition) is 4. The van der Waals surface area contributed by atoms with Crippen molar-refractivity contribution in [2.75, 3.05) is 5.32 Å². The minimum atomic E-state index is 0.119. The maximum Gasteiger partial charge on any atom is 0.152 e. The van der Waals surface area contributed by atoms with E-state index in [1.54, 1.807) is 23.7 Å². The fourth-order valence-corrected chi connectivity index (χ4v) is 2.40. The van der Waals surface area contributed by atoms with Crippen LogP contribution in [-0.2, 0) is 0 Å². The minimum absolute atomic E-state index is 0.119. The number of aromatic nitrogens is 2. The predicted octanol–water partition coefficient (Wildman–Crippen LogP) is 4.13. The van der Waals surface area contributed by atoms with Crippen LogP contribution < -0.4 is 5.32 Å². The zero-order chi connectivity index (χ0) is 11.5. The maximum atomic E-state index is 5.99. The molecule has 2 rings (SSSR count). The van der Waals surface area contributed by atoms with Crippen LogP contribution in [0.25, 0.3) is 0 Å². The molecule has 0 aliphatic heterocycles. The highest BCUT2D eigenvalue weighted by atomic mass is 79.9. The summed E-state index contributed by atoms with van der Waals surface area (Å²) in [4.78, 5) is 8.30. The standard InChI is InChI=1S/C10H9BrClN3S/c1-6(10-13-2-3-16-10)15-8-4-7(11)5-14-9(8)12/h2-6,15H,1H3. The Morgan fingerprint density at radius 2 is 2.31 bits per heavy atom. The smallest absolute Gasteiger partial charge is 0.152 e. The molecule has 16 heavy (non-hydrogen) atoms. The number of halogens is 2. The lowest BCUT2D eigenvalue weighted by atomic mass is 10.3. The number of hydrogen-bond donors (Lipinski definition) is 1. The van der Waals surface area contributed by atoms with Gasteiger partial charge in [0.15, 0.2) is 5.15 Å². The van der Waals surface area contributed by atoms with Gasteiger partial charge in [0, 0.05) is 22.2 Å². The van der Waals surface area contributed by atoms with Gasteiger partial charge in [-0.1, -0.05) is 11.6 Å². The van der Waals surface area contributed by atoms with Crippen LogP contribution in [0.3, 0.4) is 0 Å². The first-order chi connectivity index (χ1) is 7.66. The van der Waals surface area contributed by atoms with Crippen molar-refractivity contribution in [3.8, 4) is 0 Å². The second-order valence-electron chi connectivity index (χ2n) is 3.23. The molecule has 0 saturated heterocycles. The second kappa shape index (κ2) is 5.12. The molecule has 2 heterocycles. The molecule has 0 amide bonds. The van der Waals surface area contributed by atoms with Gasteiger partial charge in [-0.2, -0.15) is 0 Å². The average Bonchev–Trinajstić information content (AvgIpc) is 2.76. The van der Waals surface area contributed by atoms with Crippen molar-refractivity contribution in [1.82, 2.24) is 9.97 Å². The third-order valence-electron chi connectivity index (χ3n) is 2.00. The number of rotatable bonds is 3. The topological polar surface area (TPSA) is 37.8 Å². The van der Waals surface area contributed by atoms with Crippen molar-refractivity contribution in [1.29, 1.82) is 0 Å². The zero-order valence-electron chi connectivity index (χ0n) is 8.45. The quantitative estimate of drug-likeness (QED) is 0.865. The fraction of sp³-hybridized carbons (Fsp3) is 0.200. The lowest BCUT2D eigenvalue weighted by molar-refractivity contribution is 0.868. The highest BCUT2D eigenvalue weighted by Gasteiger charge is 2.10. The van der Waals surface area contributed by atoms with E-state index in [2.05, 4.69) is 31.2 Å². The Balaban J connectivity index is 2.17. The van der Waals surface area contributed by atoms with E-state index in [0.717, 1.165) is 15.2 Å². The molecule has 84 valence electrons. The zero-order valence-corrected chi connectivity index (χ0v) is 11.6. The first-order valence-corrected chi connectivity index (χ1v) is 6.69. The maximum absolute atomic E-state index is 5.99. The first kappa shape index (κ1) is 11.8. The molecule has 0 saturated carbocycles. The van der Waals surface area contributed by atoms with Crippen LogP contribution in [0.2, 0.25) is 5.15 Å². The van der Waals surface area contributed by atoms with Crippen molar-refractivity contribution in [3.63, 3.8) is 0 Å². The monoisotopic (exact) mass is 317 g/mol. The largest absolute Gasteiger partial charge is 0.374 e. The number of nitrogens with one attached hydrogen (secondary N) is 1. The molecular formula is C10H9BrClN3S. The van der Waals surface area contributed by atoms with Gasteiger partial charge >= 0.3 is 0 Å². The van der Waals surface area contributed by atoms with E-state index >= 15 is 0 Å². The van der Waals surface area contributed by atoms with Gasteiger partial charge in [-0.3, -0.25) is 0 Å². The molecule has 0 fully saturated rings. The third kappa shape index (κ3) is 2.72. The first-order valence-electron chi connectivity index (χ1n) is 4.64. The Morgan fingerprint density at radius 1 is 1.50 bits per heavy atom. The molecule has 2 aromatic rings.